The van der Waals surface area contributed by atoms with Crippen LogP contribution in [0.4, 0.5) is 0 Å². The summed E-state index contributed by atoms with van der Waals surface area (Å²) < 4.78 is 0. The van der Waals surface area contributed by atoms with Gasteiger partial charge in [0.15, 0.2) is 0 Å². The average molecular weight is 218 g/mol. The Morgan fingerprint density at radius 3 is 2.94 bits per heavy atom. The predicted octanol–water partition coefficient (Wildman–Crippen LogP) is 3.48. The summed E-state index contributed by atoms with van der Waals surface area (Å²) in [5.41, 5.74) is 1.12. The normalized spacial score (nSPS) is 12.3. The number of nitrogens with zero attached hydrogens (tertiary/aromatic N) is 1. The number of hydrogen-bond donors (Lipinski definition) is 1. The van der Waals surface area contributed by atoms with Crippen LogP contribution in [0, 0.1) is 0 Å². The summed E-state index contributed by atoms with van der Waals surface area (Å²) in [5.74, 6) is 0. The van der Waals surface area contributed by atoms with Gasteiger partial charge in [-0.05, 0) is 44.9 Å². The van der Waals surface area contributed by atoms with Crippen LogP contribution in [-0.4, -0.2) is 11.5 Å². The van der Waals surface area contributed by atoms with Crippen molar-refractivity contribution >= 4 is 0 Å². The van der Waals surface area contributed by atoms with Gasteiger partial charge in [0, 0.05) is 12.2 Å². The molecule has 88 valence electrons. The molecule has 0 amide bonds. The first-order valence-electron chi connectivity index (χ1n) is 6.10. The highest BCUT2D eigenvalue weighted by atomic mass is 14.9. The minimum absolute atomic E-state index is 0.348. The van der Waals surface area contributed by atoms with Crippen molar-refractivity contribution in [1.82, 2.24) is 10.3 Å². The molecule has 0 fully saturated rings. The van der Waals surface area contributed by atoms with Crippen LogP contribution in [0.2, 0.25) is 0 Å². The van der Waals surface area contributed by atoms with Crippen molar-refractivity contribution in [3.8, 4) is 0 Å². The molecule has 0 aliphatic heterocycles. The predicted molar refractivity (Wildman–Crippen MR) is 69.3 cm³/mol. The van der Waals surface area contributed by atoms with Crippen LogP contribution in [0.1, 0.15) is 44.3 Å². The van der Waals surface area contributed by atoms with Crippen molar-refractivity contribution in [3.05, 3.63) is 42.7 Å². The topological polar surface area (TPSA) is 24.9 Å². The molecule has 1 N–H and O–H groups in total. The fraction of sp³-hybridized carbons (Fsp3) is 0.500. The number of unbranched alkanes of at least 4 members (excludes halogenated alkanes) is 3. The fourth-order valence-corrected chi connectivity index (χ4v) is 1.65. The van der Waals surface area contributed by atoms with Gasteiger partial charge in [-0.2, -0.15) is 0 Å². The van der Waals surface area contributed by atoms with Crippen LogP contribution in [0.5, 0.6) is 0 Å². The molecule has 0 spiro atoms. The van der Waals surface area contributed by atoms with E-state index in [0.717, 1.165) is 18.7 Å². The molecule has 0 radical (unpaired) electrons. The molecule has 0 unspecified atom stereocenters. The van der Waals surface area contributed by atoms with Crippen LogP contribution >= 0.6 is 0 Å². The molecule has 0 bridgehead atoms. The fourth-order valence-electron chi connectivity index (χ4n) is 1.65. The zero-order chi connectivity index (χ0) is 11.6. The third-order valence-electron chi connectivity index (χ3n) is 2.67. The summed E-state index contributed by atoms with van der Waals surface area (Å²) in [6.45, 7) is 6.95. The Hall–Kier alpha value is -1.15. The van der Waals surface area contributed by atoms with E-state index in [9.17, 15) is 0 Å². The van der Waals surface area contributed by atoms with E-state index in [1.165, 1.54) is 19.3 Å². The minimum atomic E-state index is 0.348. The zero-order valence-electron chi connectivity index (χ0n) is 10.2. The van der Waals surface area contributed by atoms with Crippen molar-refractivity contribution < 1.29 is 0 Å². The van der Waals surface area contributed by atoms with Crippen LogP contribution in [-0.2, 0) is 0 Å². The third-order valence-corrected chi connectivity index (χ3v) is 2.67. The Morgan fingerprint density at radius 1 is 1.38 bits per heavy atom. The lowest BCUT2D eigenvalue weighted by atomic mass is 10.1. The molecule has 2 nitrogen and oxygen atoms in total. The summed E-state index contributed by atoms with van der Waals surface area (Å²) >= 11 is 0. The molecule has 0 aromatic carbocycles. The number of rotatable bonds is 8. The Kier molecular flexibility index (Phi) is 6.50. The molecule has 0 saturated carbocycles. The quantitative estimate of drug-likeness (QED) is 0.534. The molecule has 0 aliphatic rings. The SMILES string of the molecule is C=CCCCCCN[C@H](C)c1ccccn1. The second-order valence-corrected chi connectivity index (χ2v) is 4.07. The highest BCUT2D eigenvalue weighted by Crippen LogP contribution is 2.08. The summed E-state index contributed by atoms with van der Waals surface area (Å²) in [7, 11) is 0. The number of hydrogen-bond acceptors (Lipinski definition) is 2. The highest BCUT2D eigenvalue weighted by molar-refractivity contribution is 5.07. The van der Waals surface area contributed by atoms with Crippen molar-refractivity contribution in [3.63, 3.8) is 0 Å². The Morgan fingerprint density at radius 2 is 2.25 bits per heavy atom. The second kappa shape index (κ2) is 8.05. The maximum atomic E-state index is 4.33. The second-order valence-electron chi connectivity index (χ2n) is 4.07. The van der Waals surface area contributed by atoms with E-state index < -0.39 is 0 Å². The maximum Gasteiger partial charge on any atom is 0.0570 e. The number of aromatic nitrogens is 1. The molecule has 16 heavy (non-hydrogen) atoms. The first kappa shape index (κ1) is 12.9. The lowest BCUT2D eigenvalue weighted by Gasteiger charge is -2.12. The molecular formula is C14H22N2. The van der Waals surface area contributed by atoms with Gasteiger partial charge in [-0.15, -0.1) is 6.58 Å². The number of allylic oxidation sites excluding steroid dienone is 1. The van der Waals surface area contributed by atoms with Gasteiger partial charge in [0.25, 0.3) is 0 Å². The van der Waals surface area contributed by atoms with Crippen LogP contribution in [0.3, 0.4) is 0 Å². The van der Waals surface area contributed by atoms with Gasteiger partial charge in [0.1, 0.15) is 0 Å². The Bertz CT molecular complexity index is 282. The van der Waals surface area contributed by atoms with E-state index in [2.05, 4.69) is 29.9 Å². The summed E-state index contributed by atoms with van der Waals surface area (Å²) in [5, 5.41) is 3.49. The van der Waals surface area contributed by atoms with E-state index >= 15 is 0 Å². The third kappa shape index (κ3) is 5.08. The largest absolute Gasteiger partial charge is 0.309 e. The van der Waals surface area contributed by atoms with Crippen molar-refractivity contribution in [1.29, 1.82) is 0 Å². The van der Waals surface area contributed by atoms with Gasteiger partial charge in [0.05, 0.1) is 5.69 Å². The van der Waals surface area contributed by atoms with Gasteiger partial charge in [-0.1, -0.05) is 18.6 Å². The maximum absolute atomic E-state index is 4.33. The lowest BCUT2D eigenvalue weighted by molar-refractivity contribution is 0.531. The highest BCUT2D eigenvalue weighted by Gasteiger charge is 2.03. The van der Waals surface area contributed by atoms with Crippen molar-refractivity contribution in [2.75, 3.05) is 6.54 Å². The molecular weight excluding hydrogens is 196 g/mol. The summed E-state index contributed by atoms with van der Waals surface area (Å²) in [6.07, 6.45) is 8.72. The van der Waals surface area contributed by atoms with E-state index in [0.29, 0.717) is 6.04 Å². The Labute approximate surface area is 98.8 Å². The minimum Gasteiger partial charge on any atom is -0.309 e. The molecule has 1 heterocycles. The van der Waals surface area contributed by atoms with Gasteiger partial charge in [0.2, 0.25) is 0 Å². The van der Waals surface area contributed by atoms with Crippen LogP contribution in [0.25, 0.3) is 0 Å². The van der Waals surface area contributed by atoms with Gasteiger partial charge in [-0.25, -0.2) is 0 Å². The number of nitrogens with one attached hydrogen (secondary N) is 1. The first-order chi connectivity index (χ1) is 7.84. The molecule has 0 saturated heterocycles. The molecule has 1 aromatic heterocycles. The first-order valence-corrected chi connectivity index (χ1v) is 6.10. The van der Waals surface area contributed by atoms with Crippen LogP contribution in [0.15, 0.2) is 37.1 Å². The van der Waals surface area contributed by atoms with Crippen molar-refractivity contribution in [2.24, 2.45) is 0 Å². The lowest BCUT2D eigenvalue weighted by Crippen LogP contribution is -2.20. The number of pyridine rings is 1. The van der Waals surface area contributed by atoms with E-state index in [1.54, 1.807) is 0 Å². The van der Waals surface area contributed by atoms with E-state index in [4.69, 9.17) is 0 Å². The van der Waals surface area contributed by atoms with Crippen molar-refractivity contribution in [2.45, 2.75) is 38.6 Å². The standard InChI is InChI=1S/C14H22N2/c1-3-4-5-6-8-11-15-13(2)14-10-7-9-12-16-14/h3,7,9-10,12-13,15H,1,4-6,8,11H2,2H3/t13-/m1/s1. The molecule has 1 aromatic rings. The monoisotopic (exact) mass is 218 g/mol. The average Bonchev–Trinajstić information content (AvgIpc) is 2.34. The van der Waals surface area contributed by atoms with Gasteiger partial charge in [-0.3, -0.25) is 4.98 Å². The molecule has 0 aliphatic carbocycles. The van der Waals surface area contributed by atoms with Gasteiger partial charge < -0.3 is 5.32 Å². The van der Waals surface area contributed by atoms with E-state index in [-0.39, 0.29) is 0 Å². The van der Waals surface area contributed by atoms with E-state index in [1.807, 2.05) is 24.4 Å². The Balaban J connectivity index is 2.11. The summed E-state index contributed by atoms with van der Waals surface area (Å²) in [6, 6.07) is 6.39. The molecule has 1 rings (SSSR count). The summed E-state index contributed by atoms with van der Waals surface area (Å²) in [4.78, 5) is 4.33. The molecule has 2 heteroatoms. The molecule has 1 atom stereocenters. The van der Waals surface area contributed by atoms with Crippen LogP contribution < -0.4 is 5.32 Å². The van der Waals surface area contributed by atoms with Gasteiger partial charge >= 0.3 is 0 Å². The zero-order valence-corrected chi connectivity index (χ0v) is 10.2. The smallest absolute Gasteiger partial charge is 0.0570 e.